The van der Waals surface area contributed by atoms with Crippen LogP contribution in [0.25, 0.3) is 0 Å². The van der Waals surface area contributed by atoms with Gasteiger partial charge in [0.15, 0.2) is 0 Å². The summed E-state index contributed by atoms with van der Waals surface area (Å²) in [4.78, 5) is 13.4. The van der Waals surface area contributed by atoms with Gasteiger partial charge in [0.1, 0.15) is 11.5 Å². The predicted octanol–water partition coefficient (Wildman–Crippen LogP) is 5.03. The van der Waals surface area contributed by atoms with Gasteiger partial charge < -0.3 is 10.5 Å². The molecule has 0 unspecified atom stereocenters. The lowest BCUT2D eigenvalue weighted by Crippen LogP contribution is -2.38. The van der Waals surface area contributed by atoms with E-state index in [-0.39, 0.29) is 17.0 Å². The first-order valence-electron chi connectivity index (χ1n) is 10.2. The molecular formula is C26H22N2O4S. The molecule has 7 heteroatoms. The lowest BCUT2D eigenvalue weighted by Gasteiger charge is -2.23. The van der Waals surface area contributed by atoms with Gasteiger partial charge in [-0.1, -0.05) is 54.6 Å². The average molecular weight is 459 g/mol. The Morgan fingerprint density at radius 3 is 2.00 bits per heavy atom. The van der Waals surface area contributed by atoms with Crippen molar-refractivity contribution in [1.82, 2.24) is 0 Å². The molecule has 0 aromatic heterocycles. The molecular weight excluding hydrogens is 436 g/mol. The SMILES string of the molecule is Nc1ccc(S(=O)(=O)N(C(=O)Cc2ccccc2Oc2ccccc2)c2ccccc2)cc1. The van der Waals surface area contributed by atoms with E-state index in [1.165, 1.54) is 24.3 Å². The van der Waals surface area contributed by atoms with Gasteiger partial charge in [-0.2, -0.15) is 0 Å². The van der Waals surface area contributed by atoms with E-state index < -0.39 is 15.9 Å². The summed E-state index contributed by atoms with van der Waals surface area (Å²) < 4.78 is 33.7. The van der Waals surface area contributed by atoms with Crippen molar-refractivity contribution in [2.45, 2.75) is 11.3 Å². The van der Waals surface area contributed by atoms with Crippen LogP contribution in [0.4, 0.5) is 11.4 Å². The van der Waals surface area contributed by atoms with Crippen LogP contribution in [0.15, 0.2) is 114 Å². The third-order valence-corrected chi connectivity index (χ3v) is 6.68. The van der Waals surface area contributed by atoms with E-state index >= 15 is 0 Å². The fraction of sp³-hybridized carbons (Fsp3) is 0.0385. The van der Waals surface area contributed by atoms with E-state index in [0.29, 0.717) is 22.7 Å². The number of sulfonamides is 1. The summed E-state index contributed by atoms with van der Waals surface area (Å²) in [6, 6.07) is 30.3. The first-order valence-corrected chi connectivity index (χ1v) is 11.7. The molecule has 0 aliphatic carbocycles. The van der Waals surface area contributed by atoms with Gasteiger partial charge in [-0.15, -0.1) is 0 Å². The lowest BCUT2D eigenvalue weighted by atomic mass is 10.1. The zero-order valence-electron chi connectivity index (χ0n) is 17.7. The predicted molar refractivity (Wildman–Crippen MR) is 129 cm³/mol. The molecule has 166 valence electrons. The summed E-state index contributed by atoms with van der Waals surface area (Å²) >= 11 is 0. The number of nitrogen functional groups attached to an aromatic ring is 1. The number of hydrogen-bond acceptors (Lipinski definition) is 5. The Labute approximate surface area is 192 Å². The minimum atomic E-state index is -4.17. The highest BCUT2D eigenvalue weighted by Crippen LogP contribution is 2.29. The summed E-state index contributed by atoms with van der Waals surface area (Å²) in [6.07, 6.45) is -0.175. The number of rotatable bonds is 7. The molecule has 1 amide bonds. The van der Waals surface area contributed by atoms with Crippen LogP contribution >= 0.6 is 0 Å². The van der Waals surface area contributed by atoms with Crippen LogP contribution in [-0.2, 0) is 21.2 Å². The number of benzene rings is 4. The highest BCUT2D eigenvalue weighted by molar-refractivity contribution is 7.93. The number of hydrogen-bond donors (Lipinski definition) is 1. The molecule has 0 aliphatic rings. The zero-order valence-corrected chi connectivity index (χ0v) is 18.5. The molecule has 4 rings (SSSR count). The fourth-order valence-electron chi connectivity index (χ4n) is 3.33. The Kier molecular flexibility index (Phi) is 6.42. The molecule has 0 atom stereocenters. The van der Waals surface area contributed by atoms with Gasteiger partial charge in [-0.25, -0.2) is 12.7 Å². The van der Waals surface area contributed by atoms with Gasteiger partial charge in [0, 0.05) is 11.3 Å². The van der Waals surface area contributed by atoms with Crippen LogP contribution in [0.2, 0.25) is 0 Å². The van der Waals surface area contributed by atoms with Crippen LogP contribution < -0.4 is 14.8 Å². The van der Waals surface area contributed by atoms with Crippen molar-refractivity contribution in [1.29, 1.82) is 0 Å². The van der Waals surface area contributed by atoms with Gasteiger partial charge in [-0.05, 0) is 54.6 Å². The van der Waals surface area contributed by atoms with Crippen molar-refractivity contribution in [3.8, 4) is 11.5 Å². The summed E-state index contributed by atoms with van der Waals surface area (Å²) in [5, 5.41) is 0. The van der Waals surface area contributed by atoms with Crippen molar-refractivity contribution in [2.24, 2.45) is 0 Å². The molecule has 33 heavy (non-hydrogen) atoms. The largest absolute Gasteiger partial charge is 0.457 e. The highest BCUT2D eigenvalue weighted by Gasteiger charge is 2.31. The van der Waals surface area contributed by atoms with Gasteiger partial charge in [0.2, 0.25) is 5.91 Å². The maximum absolute atomic E-state index is 13.5. The van der Waals surface area contributed by atoms with Gasteiger partial charge in [-0.3, -0.25) is 4.79 Å². The second-order valence-corrected chi connectivity index (χ2v) is 9.05. The van der Waals surface area contributed by atoms with Crippen LogP contribution in [0.5, 0.6) is 11.5 Å². The molecule has 4 aromatic rings. The molecule has 2 N–H and O–H groups in total. The Morgan fingerprint density at radius 1 is 0.758 bits per heavy atom. The molecule has 0 heterocycles. The minimum Gasteiger partial charge on any atom is -0.457 e. The van der Waals surface area contributed by atoms with E-state index in [2.05, 4.69) is 0 Å². The maximum Gasteiger partial charge on any atom is 0.270 e. The molecule has 6 nitrogen and oxygen atoms in total. The number of ether oxygens (including phenoxy) is 1. The Bertz CT molecular complexity index is 1340. The topological polar surface area (TPSA) is 89.7 Å². The van der Waals surface area contributed by atoms with Gasteiger partial charge >= 0.3 is 0 Å². The molecule has 0 fully saturated rings. The second kappa shape index (κ2) is 9.58. The number of nitrogens with zero attached hydrogens (tertiary/aromatic N) is 1. The normalized spacial score (nSPS) is 11.0. The molecule has 0 saturated carbocycles. The summed E-state index contributed by atoms with van der Waals surface area (Å²) in [5.41, 5.74) is 6.96. The van der Waals surface area contributed by atoms with Crippen molar-refractivity contribution >= 4 is 27.3 Å². The number of carbonyl (C=O) groups is 1. The summed E-state index contributed by atoms with van der Waals surface area (Å²) in [7, 11) is -4.17. The molecule has 0 aliphatic heterocycles. The second-order valence-electron chi connectivity index (χ2n) is 7.27. The number of carbonyl (C=O) groups excluding carboxylic acids is 1. The summed E-state index contributed by atoms with van der Waals surface area (Å²) in [6.45, 7) is 0. The first kappa shape index (κ1) is 22.1. The van der Waals surface area contributed by atoms with E-state index in [1.54, 1.807) is 66.7 Å². The molecule has 4 aromatic carbocycles. The zero-order chi connectivity index (χ0) is 23.3. The monoisotopic (exact) mass is 458 g/mol. The Hall–Kier alpha value is -4.10. The third-order valence-electron chi connectivity index (χ3n) is 4.92. The molecule has 0 spiro atoms. The van der Waals surface area contributed by atoms with E-state index in [4.69, 9.17) is 10.5 Å². The lowest BCUT2D eigenvalue weighted by molar-refractivity contribution is -0.116. The molecule has 0 bridgehead atoms. The number of anilines is 2. The van der Waals surface area contributed by atoms with E-state index in [0.717, 1.165) is 4.31 Å². The van der Waals surface area contributed by atoms with Crippen LogP contribution in [0.1, 0.15) is 5.56 Å². The van der Waals surface area contributed by atoms with Crippen molar-refractivity contribution in [3.05, 3.63) is 115 Å². The number of para-hydroxylation sites is 3. The van der Waals surface area contributed by atoms with Gasteiger partial charge in [0.25, 0.3) is 10.0 Å². The first-order chi connectivity index (χ1) is 15.9. The smallest absolute Gasteiger partial charge is 0.270 e. The fourth-order valence-corrected chi connectivity index (χ4v) is 4.75. The van der Waals surface area contributed by atoms with Crippen LogP contribution in [-0.4, -0.2) is 14.3 Å². The van der Waals surface area contributed by atoms with E-state index in [9.17, 15) is 13.2 Å². The Morgan fingerprint density at radius 2 is 1.33 bits per heavy atom. The minimum absolute atomic E-state index is 0.0253. The highest BCUT2D eigenvalue weighted by atomic mass is 32.2. The van der Waals surface area contributed by atoms with Crippen molar-refractivity contribution in [3.63, 3.8) is 0 Å². The third kappa shape index (κ3) is 5.05. The quantitative estimate of drug-likeness (QED) is 0.393. The van der Waals surface area contributed by atoms with E-state index in [1.807, 2.05) is 18.2 Å². The number of nitrogens with two attached hydrogens (primary N) is 1. The van der Waals surface area contributed by atoms with Crippen LogP contribution in [0.3, 0.4) is 0 Å². The number of amides is 1. The van der Waals surface area contributed by atoms with Crippen molar-refractivity contribution in [2.75, 3.05) is 10.0 Å². The molecule has 0 saturated heterocycles. The standard InChI is InChI=1S/C26H22N2O4S/c27-21-15-17-24(18-16-21)33(30,31)28(22-10-3-1-4-11-22)26(29)19-20-9-7-8-14-25(20)32-23-12-5-2-6-13-23/h1-18H,19,27H2. The maximum atomic E-state index is 13.5. The average Bonchev–Trinajstić information content (AvgIpc) is 2.82. The Balaban J connectivity index is 1.70. The summed E-state index contributed by atoms with van der Waals surface area (Å²) in [5.74, 6) is 0.490. The van der Waals surface area contributed by atoms with Crippen molar-refractivity contribution < 1.29 is 17.9 Å². The molecule has 0 radical (unpaired) electrons. The van der Waals surface area contributed by atoms with Gasteiger partial charge in [0.05, 0.1) is 17.0 Å². The van der Waals surface area contributed by atoms with Crippen LogP contribution in [0, 0.1) is 0 Å².